The van der Waals surface area contributed by atoms with Crippen LogP contribution in [0.4, 0.5) is 19.4 Å². The minimum absolute atomic E-state index is 0.0934. The number of carbonyl (C=O) groups is 1. The van der Waals surface area contributed by atoms with Gasteiger partial charge in [-0.25, -0.2) is 13.6 Å². The number of nitrogens with zero attached hydrogens (tertiary/aromatic N) is 2. The number of carbonyl (C=O) groups excluding carboxylic acids is 1. The third-order valence-corrected chi connectivity index (χ3v) is 4.85. The van der Waals surface area contributed by atoms with Gasteiger partial charge in [-0.15, -0.1) is 0 Å². The van der Waals surface area contributed by atoms with E-state index >= 15 is 0 Å². The molecule has 1 atom stereocenters. The van der Waals surface area contributed by atoms with Crippen LogP contribution in [0.15, 0.2) is 72.4 Å². The number of anilines is 1. The molecule has 0 radical (unpaired) electrons. The van der Waals surface area contributed by atoms with E-state index in [9.17, 15) is 13.6 Å². The molecule has 0 spiro atoms. The maximum absolute atomic E-state index is 13.6. The first-order valence-electron chi connectivity index (χ1n) is 10.1. The van der Waals surface area contributed by atoms with Crippen molar-refractivity contribution in [2.75, 3.05) is 11.4 Å². The zero-order valence-corrected chi connectivity index (χ0v) is 18.4. The van der Waals surface area contributed by atoms with Gasteiger partial charge in [-0.2, -0.15) is 5.10 Å². The van der Waals surface area contributed by atoms with Crippen LogP contribution in [0.2, 0.25) is 0 Å². The summed E-state index contributed by atoms with van der Waals surface area (Å²) in [6.07, 6.45) is 12.9. The van der Waals surface area contributed by atoms with E-state index in [4.69, 9.17) is 4.74 Å². The molecule has 2 heterocycles. The Morgan fingerprint density at radius 2 is 2.03 bits per heavy atom. The maximum atomic E-state index is 13.6. The van der Waals surface area contributed by atoms with Crippen LogP contribution in [0.3, 0.4) is 0 Å². The summed E-state index contributed by atoms with van der Waals surface area (Å²) in [6, 6.07) is 1.77. The predicted molar refractivity (Wildman–Crippen MR) is 121 cm³/mol. The average Bonchev–Trinajstić information content (AvgIpc) is 3.20. The Bertz CT molecular complexity index is 946. The molecule has 5 nitrogen and oxygen atoms in total. The number of amides is 1. The second-order valence-electron chi connectivity index (χ2n) is 7.06. The minimum atomic E-state index is -2.94. The molecule has 0 aromatic carbocycles. The van der Waals surface area contributed by atoms with Gasteiger partial charge < -0.3 is 4.74 Å². The Balaban J connectivity index is 2.13. The van der Waals surface area contributed by atoms with E-state index in [1.807, 2.05) is 25.2 Å². The molecule has 0 bridgehead atoms. The van der Waals surface area contributed by atoms with Gasteiger partial charge in [-0.3, -0.25) is 10.00 Å². The van der Waals surface area contributed by atoms with Crippen LogP contribution in [-0.4, -0.2) is 34.9 Å². The van der Waals surface area contributed by atoms with Gasteiger partial charge in [-0.1, -0.05) is 55.2 Å². The van der Waals surface area contributed by atoms with Gasteiger partial charge in [0.05, 0.1) is 5.69 Å². The van der Waals surface area contributed by atoms with Crippen molar-refractivity contribution in [3.05, 3.63) is 78.1 Å². The number of nitrogens with one attached hydrogen (secondary N) is 1. The topological polar surface area (TPSA) is 58.2 Å². The number of H-pyrrole nitrogens is 1. The van der Waals surface area contributed by atoms with Crippen molar-refractivity contribution < 1.29 is 18.3 Å². The van der Waals surface area contributed by atoms with Gasteiger partial charge in [0.15, 0.2) is 5.82 Å². The third-order valence-electron chi connectivity index (χ3n) is 4.85. The van der Waals surface area contributed by atoms with Crippen molar-refractivity contribution in [3.63, 3.8) is 0 Å². The zero-order chi connectivity index (χ0) is 23.0. The lowest BCUT2D eigenvalue weighted by Crippen LogP contribution is -2.42. The Kier molecular flexibility index (Phi) is 8.30. The van der Waals surface area contributed by atoms with Crippen LogP contribution >= 0.6 is 0 Å². The monoisotopic (exact) mass is 429 g/mol. The molecule has 166 valence electrons. The van der Waals surface area contributed by atoms with Gasteiger partial charge in [0, 0.05) is 31.5 Å². The zero-order valence-electron chi connectivity index (χ0n) is 18.4. The number of halogens is 2. The van der Waals surface area contributed by atoms with Crippen LogP contribution < -0.4 is 4.90 Å². The lowest BCUT2D eigenvalue weighted by molar-refractivity contribution is 0.0672. The number of hydrogen-bond donors (Lipinski definition) is 1. The minimum Gasteiger partial charge on any atom is -0.441 e. The van der Waals surface area contributed by atoms with Crippen LogP contribution in [0, 0.1) is 0 Å². The van der Waals surface area contributed by atoms with E-state index < -0.39 is 18.1 Å². The molecule has 31 heavy (non-hydrogen) atoms. The Hall–Kier alpha value is -3.22. The van der Waals surface area contributed by atoms with Crippen LogP contribution in [-0.2, 0) is 4.74 Å². The first-order valence-corrected chi connectivity index (χ1v) is 10.1. The SMILES string of the molecule is C=C/C=C(\C=C/C)c1cc(N2CCC(C(/C=C\C(=C/C)C(C)(F)F)=C/C)OC2=O)n[nH]1. The van der Waals surface area contributed by atoms with Crippen molar-refractivity contribution in [2.45, 2.75) is 46.1 Å². The first kappa shape index (κ1) is 24.1. The summed E-state index contributed by atoms with van der Waals surface area (Å²) in [6.45, 7) is 10.2. The van der Waals surface area contributed by atoms with Gasteiger partial charge in [0.1, 0.15) is 6.10 Å². The van der Waals surface area contributed by atoms with E-state index in [1.54, 1.807) is 38.1 Å². The fourth-order valence-electron chi connectivity index (χ4n) is 3.24. The molecule has 2 rings (SSSR count). The van der Waals surface area contributed by atoms with E-state index in [0.717, 1.165) is 18.2 Å². The molecule has 1 unspecified atom stereocenters. The molecule has 0 aliphatic carbocycles. The van der Waals surface area contributed by atoms with Gasteiger partial charge in [0.25, 0.3) is 5.92 Å². The van der Waals surface area contributed by atoms with E-state index in [1.165, 1.54) is 17.1 Å². The summed E-state index contributed by atoms with van der Waals surface area (Å²) < 4.78 is 32.8. The summed E-state index contributed by atoms with van der Waals surface area (Å²) in [5.41, 5.74) is 2.21. The number of alkyl halides is 2. The molecule has 1 fully saturated rings. The van der Waals surface area contributed by atoms with Gasteiger partial charge in [-0.05, 0) is 31.9 Å². The summed E-state index contributed by atoms with van der Waals surface area (Å²) in [7, 11) is 0. The summed E-state index contributed by atoms with van der Waals surface area (Å²) in [5, 5.41) is 7.16. The van der Waals surface area contributed by atoms with Crippen molar-refractivity contribution >= 4 is 17.5 Å². The Labute approximate surface area is 182 Å². The van der Waals surface area contributed by atoms with Crippen LogP contribution in [0.5, 0.6) is 0 Å². The number of aromatic amines is 1. The molecular weight excluding hydrogens is 400 g/mol. The van der Waals surface area contributed by atoms with Crippen LogP contribution in [0.1, 0.15) is 39.8 Å². The highest BCUT2D eigenvalue weighted by Gasteiger charge is 2.31. The summed E-state index contributed by atoms with van der Waals surface area (Å²) >= 11 is 0. The number of hydrogen-bond acceptors (Lipinski definition) is 3. The molecule has 1 aliphatic heterocycles. The molecule has 1 aliphatic rings. The second-order valence-corrected chi connectivity index (χ2v) is 7.06. The van der Waals surface area contributed by atoms with Crippen molar-refractivity contribution in [1.82, 2.24) is 10.2 Å². The highest BCUT2D eigenvalue weighted by atomic mass is 19.3. The fraction of sp³-hybridized carbons (Fsp3) is 0.333. The van der Waals surface area contributed by atoms with Gasteiger partial charge >= 0.3 is 6.09 Å². The van der Waals surface area contributed by atoms with Crippen molar-refractivity contribution in [2.24, 2.45) is 0 Å². The molecule has 1 N–H and O–H groups in total. The van der Waals surface area contributed by atoms with E-state index in [2.05, 4.69) is 16.8 Å². The standard InChI is InChI=1S/C24H29F2N3O2/c1-6-10-18(11-7-2)20-16-22(28-27-20)29-15-14-21(31-23(29)30)17(8-3)12-13-19(9-4)24(5,25)26/h6-13,16,21H,1,14-15H2,2-5H3,(H,27,28)/b11-7-,13-12-,17-8+,18-10+,19-9+. The molecule has 0 saturated carbocycles. The van der Waals surface area contributed by atoms with E-state index in [-0.39, 0.29) is 5.57 Å². The lowest BCUT2D eigenvalue weighted by atomic mass is 10.0. The molecule has 7 heteroatoms. The maximum Gasteiger partial charge on any atom is 0.416 e. The Morgan fingerprint density at radius 3 is 2.58 bits per heavy atom. The van der Waals surface area contributed by atoms with Crippen LogP contribution in [0.25, 0.3) is 5.57 Å². The predicted octanol–water partition coefficient (Wildman–Crippen LogP) is 6.37. The van der Waals surface area contributed by atoms with E-state index in [0.29, 0.717) is 24.4 Å². The third kappa shape index (κ3) is 6.13. The fourth-order valence-corrected chi connectivity index (χ4v) is 3.24. The highest BCUT2D eigenvalue weighted by Crippen LogP contribution is 2.28. The average molecular weight is 430 g/mol. The number of aromatic nitrogens is 2. The second kappa shape index (κ2) is 10.7. The van der Waals surface area contributed by atoms with Gasteiger partial charge in [0.2, 0.25) is 0 Å². The number of cyclic esters (lactones) is 1. The number of rotatable bonds is 8. The molecule has 1 aromatic rings. The Morgan fingerprint density at radius 1 is 1.29 bits per heavy atom. The summed E-state index contributed by atoms with van der Waals surface area (Å²) in [4.78, 5) is 14.1. The molecule has 1 aromatic heterocycles. The highest BCUT2D eigenvalue weighted by molar-refractivity contribution is 5.88. The smallest absolute Gasteiger partial charge is 0.416 e. The van der Waals surface area contributed by atoms with Crippen molar-refractivity contribution in [1.29, 1.82) is 0 Å². The largest absolute Gasteiger partial charge is 0.441 e. The number of ether oxygens (including phenoxy) is 1. The molecular formula is C24H29F2N3O2. The quantitative estimate of drug-likeness (QED) is 0.488. The molecule has 1 amide bonds. The van der Waals surface area contributed by atoms with Crippen molar-refractivity contribution in [3.8, 4) is 0 Å². The first-order chi connectivity index (χ1) is 14.7. The molecule has 1 saturated heterocycles. The lowest BCUT2D eigenvalue weighted by Gasteiger charge is -2.31. The number of allylic oxidation sites excluding steroid dienone is 9. The normalized spacial score (nSPS) is 19.4. The summed E-state index contributed by atoms with van der Waals surface area (Å²) in [5.74, 6) is -2.48.